The highest BCUT2D eigenvalue weighted by Crippen LogP contribution is 2.26. The van der Waals surface area contributed by atoms with Crippen molar-refractivity contribution < 1.29 is 4.79 Å². The number of alkyl halides is 1. The van der Waals surface area contributed by atoms with Crippen LogP contribution < -0.4 is 5.32 Å². The number of amides is 1. The number of anilines is 1. The van der Waals surface area contributed by atoms with Crippen LogP contribution >= 0.6 is 11.6 Å². The maximum atomic E-state index is 11.5. The molecule has 0 heterocycles. The van der Waals surface area contributed by atoms with Crippen molar-refractivity contribution in [3.05, 3.63) is 29.8 Å². The van der Waals surface area contributed by atoms with Crippen molar-refractivity contribution in [2.75, 3.05) is 5.32 Å². The number of rotatable bonds is 4. The molecule has 0 spiro atoms. The minimum absolute atomic E-state index is 0.155. The van der Waals surface area contributed by atoms with E-state index in [0.717, 1.165) is 17.7 Å². The average Bonchev–Trinajstić information content (AvgIpc) is 2.28. The average molecular weight is 240 g/mol. The molecule has 2 atom stereocenters. The minimum atomic E-state index is -0.509. The first-order valence-electron chi connectivity index (χ1n) is 5.60. The highest BCUT2D eigenvalue weighted by molar-refractivity contribution is 6.32. The van der Waals surface area contributed by atoms with Gasteiger partial charge in [0.2, 0.25) is 5.91 Å². The standard InChI is InChI=1S/C13H18ClNO/c1-4-9(2)11-7-5-6-8-12(11)15-13(16)10(3)14/h5-10H,4H2,1-3H3,(H,15,16)/t9-,10-/m0/s1. The van der Waals surface area contributed by atoms with Gasteiger partial charge in [0.25, 0.3) is 0 Å². The lowest BCUT2D eigenvalue weighted by Crippen LogP contribution is -2.21. The Morgan fingerprint density at radius 3 is 2.56 bits per heavy atom. The quantitative estimate of drug-likeness (QED) is 0.797. The molecule has 0 bridgehead atoms. The van der Waals surface area contributed by atoms with Crippen LogP contribution in [0.1, 0.15) is 38.7 Å². The Bertz CT molecular complexity index is 363. The highest BCUT2D eigenvalue weighted by Gasteiger charge is 2.13. The van der Waals surface area contributed by atoms with Crippen molar-refractivity contribution in [2.24, 2.45) is 0 Å². The molecule has 1 amide bonds. The third-order valence-corrected chi connectivity index (χ3v) is 2.92. The first-order valence-corrected chi connectivity index (χ1v) is 6.03. The van der Waals surface area contributed by atoms with Gasteiger partial charge in [-0.2, -0.15) is 0 Å². The summed E-state index contributed by atoms with van der Waals surface area (Å²) in [5.41, 5.74) is 2.03. The number of para-hydroxylation sites is 1. The molecule has 16 heavy (non-hydrogen) atoms. The lowest BCUT2D eigenvalue weighted by atomic mass is 9.97. The number of hydrogen-bond donors (Lipinski definition) is 1. The van der Waals surface area contributed by atoms with Crippen molar-refractivity contribution in [1.29, 1.82) is 0 Å². The number of hydrogen-bond acceptors (Lipinski definition) is 1. The zero-order chi connectivity index (χ0) is 12.1. The fourth-order valence-corrected chi connectivity index (χ4v) is 1.55. The molecule has 0 radical (unpaired) electrons. The molecule has 0 aromatic heterocycles. The Labute approximate surface area is 102 Å². The third-order valence-electron chi connectivity index (χ3n) is 2.72. The van der Waals surface area contributed by atoms with E-state index in [1.807, 2.05) is 24.3 Å². The predicted molar refractivity (Wildman–Crippen MR) is 69.1 cm³/mol. The van der Waals surface area contributed by atoms with E-state index >= 15 is 0 Å². The summed E-state index contributed by atoms with van der Waals surface area (Å²) in [6, 6.07) is 7.86. The SMILES string of the molecule is CC[C@H](C)c1ccccc1NC(=O)[C@H](C)Cl. The van der Waals surface area contributed by atoms with Gasteiger partial charge < -0.3 is 5.32 Å². The summed E-state index contributed by atoms with van der Waals surface area (Å²) in [6.45, 7) is 5.95. The number of benzene rings is 1. The Morgan fingerprint density at radius 2 is 2.00 bits per heavy atom. The van der Waals surface area contributed by atoms with Crippen molar-refractivity contribution >= 4 is 23.2 Å². The maximum Gasteiger partial charge on any atom is 0.242 e. The van der Waals surface area contributed by atoms with Gasteiger partial charge in [0.05, 0.1) is 0 Å². The summed E-state index contributed by atoms with van der Waals surface area (Å²) < 4.78 is 0. The monoisotopic (exact) mass is 239 g/mol. The summed E-state index contributed by atoms with van der Waals surface area (Å²) in [5, 5.41) is 2.35. The second-order valence-electron chi connectivity index (χ2n) is 4.00. The van der Waals surface area contributed by atoms with E-state index in [2.05, 4.69) is 19.2 Å². The normalized spacial score (nSPS) is 14.2. The number of halogens is 1. The third kappa shape index (κ3) is 3.24. The lowest BCUT2D eigenvalue weighted by molar-refractivity contribution is -0.115. The number of carbonyl (C=O) groups is 1. The predicted octanol–water partition coefficient (Wildman–Crippen LogP) is 3.77. The van der Waals surface area contributed by atoms with Gasteiger partial charge in [0.15, 0.2) is 0 Å². The summed E-state index contributed by atoms with van der Waals surface area (Å²) in [4.78, 5) is 11.5. The Hall–Kier alpha value is -1.02. The second kappa shape index (κ2) is 5.90. The van der Waals surface area contributed by atoms with Gasteiger partial charge in [-0.25, -0.2) is 0 Å². The molecule has 0 fully saturated rings. The van der Waals surface area contributed by atoms with Crippen molar-refractivity contribution in [3.8, 4) is 0 Å². The van der Waals surface area contributed by atoms with Gasteiger partial charge in [-0.3, -0.25) is 4.79 Å². The Kier molecular flexibility index (Phi) is 4.81. The van der Waals surface area contributed by atoms with Crippen molar-refractivity contribution in [1.82, 2.24) is 0 Å². The molecule has 0 saturated heterocycles. The maximum absolute atomic E-state index is 11.5. The van der Waals surface area contributed by atoms with E-state index in [-0.39, 0.29) is 5.91 Å². The van der Waals surface area contributed by atoms with Crippen LogP contribution in [-0.2, 0) is 4.79 Å². The molecular weight excluding hydrogens is 222 g/mol. The fraction of sp³-hybridized carbons (Fsp3) is 0.462. The van der Waals surface area contributed by atoms with Gasteiger partial charge in [0, 0.05) is 5.69 Å². The zero-order valence-electron chi connectivity index (χ0n) is 9.96. The van der Waals surface area contributed by atoms with Crippen LogP contribution in [0.2, 0.25) is 0 Å². The van der Waals surface area contributed by atoms with E-state index in [0.29, 0.717) is 5.92 Å². The topological polar surface area (TPSA) is 29.1 Å². The first kappa shape index (κ1) is 13.0. The molecule has 1 aromatic carbocycles. The zero-order valence-corrected chi connectivity index (χ0v) is 10.7. The molecule has 1 rings (SSSR count). The summed E-state index contributed by atoms with van der Waals surface area (Å²) in [7, 11) is 0. The van der Waals surface area contributed by atoms with Crippen LogP contribution in [0.3, 0.4) is 0 Å². The lowest BCUT2D eigenvalue weighted by Gasteiger charge is -2.16. The Morgan fingerprint density at radius 1 is 1.38 bits per heavy atom. The summed E-state index contributed by atoms with van der Waals surface area (Å²) >= 11 is 5.73. The summed E-state index contributed by atoms with van der Waals surface area (Å²) in [6.07, 6.45) is 1.04. The molecule has 0 aliphatic heterocycles. The van der Waals surface area contributed by atoms with E-state index in [1.54, 1.807) is 6.92 Å². The molecule has 3 heteroatoms. The number of carbonyl (C=O) groups excluding carboxylic acids is 1. The molecule has 1 aromatic rings. The van der Waals surface area contributed by atoms with Crippen LogP contribution in [0.15, 0.2) is 24.3 Å². The molecular formula is C13H18ClNO. The van der Waals surface area contributed by atoms with Crippen LogP contribution in [0.5, 0.6) is 0 Å². The van der Waals surface area contributed by atoms with Gasteiger partial charge in [0.1, 0.15) is 5.38 Å². The van der Waals surface area contributed by atoms with E-state index in [1.165, 1.54) is 0 Å². The molecule has 88 valence electrons. The van der Waals surface area contributed by atoms with E-state index in [9.17, 15) is 4.79 Å². The van der Waals surface area contributed by atoms with E-state index in [4.69, 9.17) is 11.6 Å². The van der Waals surface area contributed by atoms with Crippen LogP contribution in [-0.4, -0.2) is 11.3 Å². The molecule has 0 aliphatic carbocycles. The minimum Gasteiger partial charge on any atom is -0.325 e. The smallest absolute Gasteiger partial charge is 0.242 e. The summed E-state index contributed by atoms with van der Waals surface area (Å²) in [5.74, 6) is 0.277. The van der Waals surface area contributed by atoms with Gasteiger partial charge in [-0.15, -0.1) is 11.6 Å². The van der Waals surface area contributed by atoms with Crippen LogP contribution in [0, 0.1) is 0 Å². The van der Waals surface area contributed by atoms with Gasteiger partial charge in [-0.1, -0.05) is 32.0 Å². The van der Waals surface area contributed by atoms with Crippen LogP contribution in [0.4, 0.5) is 5.69 Å². The van der Waals surface area contributed by atoms with Crippen molar-refractivity contribution in [3.63, 3.8) is 0 Å². The number of nitrogens with one attached hydrogen (secondary N) is 1. The molecule has 0 saturated carbocycles. The second-order valence-corrected chi connectivity index (χ2v) is 4.66. The van der Waals surface area contributed by atoms with Crippen LogP contribution in [0.25, 0.3) is 0 Å². The van der Waals surface area contributed by atoms with Crippen molar-refractivity contribution in [2.45, 2.75) is 38.5 Å². The fourth-order valence-electron chi connectivity index (χ4n) is 1.49. The first-order chi connectivity index (χ1) is 7.56. The van der Waals surface area contributed by atoms with Gasteiger partial charge >= 0.3 is 0 Å². The molecule has 0 unspecified atom stereocenters. The highest BCUT2D eigenvalue weighted by atomic mass is 35.5. The molecule has 0 aliphatic rings. The van der Waals surface area contributed by atoms with E-state index < -0.39 is 5.38 Å². The van der Waals surface area contributed by atoms with Gasteiger partial charge in [-0.05, 0) is 30.9 Å². The molecule has 1 N–H and O–H groups in total. The molecule has 2 nitrogen and oxygen atoms in total. The largest absolute Gasteiger partial charge is 0.325 e. The Balaban J connectivity index is 2.91.